The predicted molar refractivity (Wildman–Crippen MR) is 87.5 cm³/mol. The summed E-state index contributed by atoms with van der Waals surface area (Å²) >= 11 is 0. The minimum Gasteiger partial charge on any atom is -0.748 e. The third kappa shape index (κ3) is 3.81. The third-order valence-corrected chi connectivity index (χ3v) is 4.48. The number of fused-ring (bicyclic) bond motifs is 3. The average molecular weight is 341 g/mol. The number of nitrogens with two attached hydrogens (primary N) is 2. The van der Waals surface area contributed by atoms with E-state index in [0.29, 0.717) is 17.9 Å². The maximum atomic E-state index is 10.8. The van der Waals surface area contributed by atoms with E-state index in [4.69, 9.17) is 11.5 Å². The van der Waals surface area contributed by atoms with Crippen LogP contribution >= 0.6 is 0 Å². The summed E-state index contributed by atoms with van der Waals surface area (Å²) in [5.74, 6) is -0.377. The summed E-state index contributed by atoms with van der Waals surface area (Å²) in [6.07, 6.45) is 0.263. The number of hydrogen-bond acceptors (Lipinski definition) is 5. The molecular weight excluding hydrogens is 325 g/mol. The molecule has 1 heterocycles. The fourth-order valence-corrected chi connectivity index (χ4v) is 3.26. The molecule has 0 spiro atoms. The Balaban J connectivity index is 0.00000192. The van der Waals surface area contributed by atoms with Gasteiger partial charge in [0.15, 0.2) is 0 Å². The van der Waals surface area contributed by atoms with Crippen molar-refractivity contribution in [1.29, 1.82) is 0 Å². The van der Waals surface area contributed by atoms with E-state index >= 15 is 0 Å². The van der Waals surface area contributed by atoms with Gasteiger partial charge in [0.2, 0.25) is 0 Å². The molecule has 0 unspecified atom stereocenters. The molecule has 0 saturated heterocycles. The first-order chi connectivity index (χ1) is 10.3. The number of aromatic nitrogens is 1. The number of rotatable bonds is 4. The predicted octanol–water partition coefficient (Wildman–Crippen LogP) is -1.10. The molecule has 0 fully saturated rings. The van der Waals surface area contributed by atoms with Gasteiger partial charge in [-0.15, -0.1) is 0 Å². The van der Waals surface area contributed by atoms with Gasteiger partial charge in [-0.2, -0.15) is 0 Å². The normalized spacial score (nSPS) is 11.7. The van der Waals surface area contributed by atoms with Gasteiger partial charge < -0.3 is 20.6 Å². The fourth-order valence-electron chi connectivity index (χ4n) is 2.78. The Morgan fingerprint density at radius 2 is 1.43 bits per heavy atom. The molecule has 3 aromatic rings. The summed E-state index contributed by atoms with van der Waals surface area (Å²) in [6, 6.07) is 11.1. The first-order valence-corrected chi connectivity index (χ1v) is 8.43. The quantitative estimate of drug-likeness (QED) is 0.355. The molecule has 4 N–H and O–H groups in total. The van der Waals surface area contributed by atoms with Crippen LogP contribution in [0.15, 0.2) is 36.4 Å². The molecule has 8 heteroatoms. The van der Waals surface area contributed by atoms with E-state index < -0.39 is 10.1 Å². The zero-order chi connectivity index (χ0) is 15.9. The van der Waals surface area contributed by atoms with Crippen molar-refractivity contribution in [1.82, 2.24) is 4.57 Å². The molecule has 0 atom stereocenters. The van der Waals surface area contributed by atoms with Crippen LogP contribution in [0.3, 0.4) is 0 Å². The van der Waals surface area contributed by atoms with Crippen LogP contribution < -0.4 is 41.0 Å². The number of benzene rings is 2. The van der Waals surface area contributed by atoms with E-state index in [1.54, 1.807) is 12.1 Å². The van der Waals surface area contributed by atoms with Crippen LogP contribution in [0.5, 0.6) is 0 Å². The number of aryl methyl sites for hydroxylation is 1. The first-order valence-electron chi connectivity index (χ1n) is 6.86. The van der Waals surface area contributed by atoms with Crippen LogP contribution in [0.4, 0.5) is 11.4 Å². The number of hydrogen-bond donors (Lipinski definition) is 2. The topological polar surface area (TPSA) is 114 Å². The maximum Gasteiger partial charge on any atom is 1.00 e. The summed E-state index contributed by atoms with van der Waals surface area (Å²) in [6.45, 7) is 0.440. The molecule has 0 aliphatic heterocycles. The molecule has 116 valence electrons. The van der Waals surface area contributed by atoms with Gasteiger partial charge in [-0.1, -0.05) is 0 Å². The molecule has 3 rings (SSSR count). The van der Waals surface area contributed by atoms with Gasteiger partial charge in [0.1, 0.15) is 0 Å². The second-order valence-corrected chi connectivity index (χ2v) is 6.84. The van der Waals surface area contributed by atoms with Crippen molar-refractivity contribution in [2.45, 2.75) is 13.0 Å². The second kappa shape index (κ2) is 6.70. The standard InChI is InChI=1S/C15H17N3O3S.Na/c16-10-2-4-14-12(8-10)13-9-11(17)3-5-15(13)18(14)6-1-7-22(19,20)21;/h2-5,8-9H,1,6-7,16-17H2,(H,19,20,21);/q;+1/p-1. The van der Waals surface area contributed by atoms with Crippen molar-refractivity contribution in [2.75, 3.05) is 17.2 Å². The fraction of sp³-hybridized carbons (Fsp3) is 0.200. The summed E-state index contributed by atoms with van der Waals surface area (Å²) in [5.41, 5.74) is 14.9. The van der Waals surface area contributed by atoms with Crippen molar-refractivity contribution in [3.8, 4) is 0 Å². The van der Waals surface area contributed by atoms with Crippen LogP contribution in [-0.4, -0.2) is 23.3 Å². The molecule has 0 amide bonds. The second-order valence-electron chi connectivity index (χ2n) is 5.32. The Labute approximate surface area is 156 Å². The largest absolute Gasteiger partial charge is 1.00 e. The van der Waals surface area contributed by atoms with Crippen molar-refractivity contribution in [2.24, 2.45) is 0 Å². The van der Waals surface area contributed by atoms with E-state index in [0.717, 1.165) is 21.8 Å². The molecule has 0 aliphatic rings. The summed E-state index contributed by atoms with van der Waals surface area (Å²) in [5, 5.41) is 1.93. The van der Waals surface area contributed by atoms with Gasteiger partial charge >= 0.3 is 29.6 Å². The van der Waals surface area contributed by atoms with Crippen LogP contribution in [-0.2, 0) is 16.7 Å². The van der Waals surface area contributed by atoms with Crippen LogP contribution in [0.2, 0.25) is 0 Å². The minimum atomic E-state index is -4.20. The molecular formula is C15H16N3NaO3S. The average Bonchev–Trinajstić information content (AvgIpc) is 2.71. The van der Waals surface area contributed by atoms with Crippen molar-refractivity contribution in [3.63, 3.8) is 0 Å². The Bertz CT molecular complexity index is 908. The molecule has 0 saturated carbocycles. The summed E-state index contributed by atoms with van der Waals surface area (Å²) < 4.78 is 34.3. The molecule has 2 aromatic carbocycles. The van der Waals surface area contributed by atoms with Crippen molar-refractivity contribution in [3.05, 3.63) is 36.4 Å². The van der Waals surface area contributed by atoms with Gasteiger partial charge in [0.05, 0.1) is 10.1 Å². The van der Waals surface area contributed by atoms with E-state index in [9.17, 15) is 13.0 Å². The Morgan fingerprint density at radius 1 is 0.957 bits per heavy atom. The Morgan fingerprint density at radius 3 is 1.87 bits per heavy atom. The van der Waals surface area contributed by atoms with Gasteiger partial charge in [0.25, 0.3) is 0 Å². The minimum absolute atomic E-state index is 0. The molecule has 0 aliphatic carbocycles. The van der Waals surface area contributed by atoms with E-state index in [-0.39, 0.29) is 41.7 Å². The maximum absolute atomic E-state index is 10.8. The molecule has 0 radical (unpaired) electrons. The molecule has 6 nitrogen and oxygen atoms in total. The zero-order valence-corrected chi connectivity index (χ0v) is 15.6. The molecule has 0 bridgehead atoms. The van der Waals surface area contributed by atoms with Gasteiger partial charge in [-0.3, -0.25) is 0 Å². The third-order valence-electron chi connectivity index (χ3n) is 3.69. The zero-order valence-electron chi connectivity index (χ0n) is 12.8. The van der Waals surface area contributed by atoms with Gasteiger partial charge in [-0.25, -0.2) is 8.42 Å². The Kier molecular flexibility index (Phi) is 5.27. The monoisotopic (exact) mass is 341 g/mol. The van der Waals surface area contributed by atoms with Crippen molar-refractivity contribution < 1.29 is 42.5 Å². The van der Waals surface area contributed by atoms with Gasteiger partial charge in [0, 0.05) is 45.5 Å². The van der Waals surface area contributed by atoms with Crippen LogP contribution in [0.25, 0.3) is 21.8 Å². The number of anilines is 2. The van der Waals surface area contributed by atoms with Gasteiger partial charge in [-0.05, 0) is 42.8 Å². The SMILES string of the molecule is Nc1ccc2c(c1)c1cc(N)ccc1n2CCCS(=O)(=O)[O-].[Na+]. The van der Waals surface area contributed by atoms with E-state index in [1.165, 1.54) is 0 Å². The number of nitrogen functional groups attached to an aromatic ring is 2. The van der Waals surface area contributed by atoms with Crippen molar-refractivity contribution >= 4 is 43.3 Å². The summed E-state index contributed by atoms with van der Waals surface area (Å²) in [4.78, 5) is 0. The number of nitrogens with zero attached hydrogens (tertiary/aromatic N) is 1. The molecule has 23 heavy (non-hydrogen) atoms. The Hall–Kier alpha value is -1.25. The van der Waals surface area contributed by atoms with E-state index in [2.05, 4.69) is 0 Å². The molecule has 1 aromatic heterocycles. The van der Waals surface area contributed by atoms with Crippen LogP contribution in [0, 0.1) is 0 Å². The smallest absolute Gasteiger partial charge is 0.748 e. The summed E-state index contributed by atoms with van der Waals surface area (Å²) in [7, 11) is -4.20. The van der Waals surface area contributed by atoms with Crippen LogP contribution in [0.1, 0.15) is 6.42 Å². The van der Waals surface area contributed by atoms with E-state index in [1.807, 2.05) is 28.8 Å². The first kappa shape index (κ1) is 18.1.